The molecule has 0 spiro atoms. The Hall–Kier alpha value is -1.53. The summed E-state index contributed by atoms with van der Waals surface area (Å²) >= 11 is 0. The van der Waals surface area contributed by atoms with Gasteiger partial charge in [0.1, 0.15) is 5.54 Å². The van der Waals surface area contributed by atoms with Gasteiger partial charge >= 0.3 is 0 Å². The zero-order valence-electron chi connectivity index (χ0n) is 12.8. The third kappa shape index (κ3) is 3.52. The van der Waals surface area contributed by atoms with Crippen molar-refractivity contribution in [3.05, 3.63) is 29.8 Å². The second kappa shape index (κ2) is 6.28. The molecule has 0 saturated heterocycles. The third-order valence-electron chi connectivity index (χ3n) is 3.94. The summed E-state index contributed by atoms with van der Waals surface area (Å²) in [6.07, 6.45) is 3.08. The number of hydrogen-bond donors (Lipinski definition) is 1. The van der Waals surface area contributed by atoms with Crippen LogP contribution in [0.3, 0.4) is 0 Å². The van der Waals surface area contributed by atoms with Gasteiger partial charge in [-0.3, -0.25) is 5.32 Å². The average Bonchev–Trinajstić information content (AvgIpc) is 2.82. The molecule has 1 atom stereocenters. The number of nitrogens with one attached hydrogen (secondary N) is 1. The summed E-state index contributed by atoms with van der Waals surface area (Å²) in [6, 6.07) is 11.4. The molecule has 0 amide bonds. The quantitative estimate of drug-likeness (QED) is 0.864. The van der Waals surface area contributed by atoms with E-state index in [1.54, 1.807) is 0 Å². The number of nitriles is 1. The molecular formula is C17H25N3. The van der Waals surface area contributed by atoms with E-state index >= 15 is 0 Å². The highest BCUT2D eigenvalue weighted by Crippen LogP contribution is 2.27. The molecule has 108 valence electrons. The molecule has 1 aromatic rings. The Morgan fingerprint density at radius 1 is 1.40 bits per heavy atom. The highest BCUT2D eigenvalue weighted by Gasteiger charge is 2.25. The third-order valence-corrected chi connectivity index (χ3v) is 3.94. The molecule has 0 radical (unpaired) electrons. The van der Waals surface area contributed by atoms with Gasteiger partial charge in [0.25, 0.3) is 0 Å². The van der Waals surface area contributed by atoms with E-state index in [1.807, 2.05) is 6.92 Å². The van der Waals surface area contributed by atoms with Crippen LogP contribution in [0.1, 0.15) is 39.2 Å². The molecule has 0 fully saturated rings. The first kappa shape index (κ1) is 14.9. The lowest BCUT2D eigenvalue weighted by Gasteiger charge is -2.27. The number of fused-ring (bicyclic) bond motifs is 1. The number of nitrogens with zero attached hydrogens (tertiary/aromatic N) is 2. The lowest BCUT2D eigenvalue weighted by Crippen LogP contribution is -2.45. The van der Waals surface area contributed by atoms with Gasteiger partial charge in [-0.05, 0) is 51.7 Å². The fraction of sp³-hybridized carbons (Fsp3) is 0.588. The standard InChI is InChI=1S/C17H25N3/c1-14(2)19-17(3,13-18)10-6-11-20-12-9-15-7-4-5-8-16(15)20/h4-5,7-8,14,19H,6,9-12H2,1-3H3. The Morgan fingerprint density at radius 2 is 2.15 bits per heavy atom. The van der Waals surface area contributed by atoms with E-state index in [-0.39, 0.29) is 0 Å². The van der Waals surface area contributed by atoms with Crippen molar-refractivity contribution in [1.29, 1.82) is 5.26 Å². The molecule has 1 N–H and O–H groups in total. The molecule has 0 bridgehead atoms. The number of para-hydroxylation sites is 1. The highest BCUT2D eigenvalue weighted by atomic mass is 15.1. The minimum absolute atomic E-state index is 0.340. The number of benzene rings is 1. The minimum Gasteiger partial charge on any atom is -0.371 e. The molecule has 0 aromatic heterocycles. The second-order valence-electron chi connectivity index (χ2n) is 6.21. The summed E-state index contributed by atoms with van der Waals surface area (Å²) in [4.78, 5) is 2.45. The van der Waals surface area contributed by atoms with E-state index in [9.17, 15) is 5.26 Å². The molecule has 2 rings (SSSR count). The lowest BCUT2D eigenvalue weighted by molar-refractivity contribution is 0.374. The topological polar surface area (TPSA) is 39.1 Å². The second-order valence-corrected chi connectivity index (χ2v) is 6.21. The normalized spacial score (nSPS) is 16.9. The van der Waals surface area contributed by atoms with Crippen LogP contribution in [-0.2, 0) is 6.42 Å². The molecule has 20 heavy (non-hydrogen) atoms. The Labute approximate surface area is 122 Å². The van der Waals surface area contributed by atoms with Gasteiger partial charge in [0, 0.05) is 24.8 Å². The van der Waals surface area contributed by atoms with Crippen molar-refractivity contribution in [3.8, 4) is 6.07 Å². The molecule has 1 aliphatic rings. The fourth-order valence-corrected chi connectivity index (χ4v) is 3.06. The zero-order valence-corrected chi connectivity index (χ0v) is 12.8. The van der Waals surface area contributed by atoms with Crippen molar-refractivity contribution >= 4 is 5.69 Å². The lowest BCUT2D eigenvalue weighted by atomic mass is 9.96. The first-order valence-corrected chi connectivity index (χ1v) is 7.56. The first-order chi connectivity index (χ1) is 9.54. The number of rotatable bonds is 6. The summed E-state index contributed by atoms with van der Waals surface area (Å²) in [6.45, 7) is 8.33. The zero-order chi connectivity index (χ0) is 14.6. The Morgan fingerprint density at radius 3 is 2.85 bits per heavy atom. The van der Waals surface area contributed by atoms with Gasteiger partial charge in [-0.1, -0.05) is 18.2 Å². The Kier molecular flexibility index (Phi) is 4.67. The van der Waals surface area contributed by atoms with Gasteiger partial charge in [0.2, 0.25) is 0 Å². The van der Waals surface area contributed by atoms with Crippen LogP contribution in [0.2, 0.25) is 0 Å². The van der Waals surface area contributed by atoms with E-state index in [2.05, 4.69) is 54.4 Å². The molecule has 0 saturated carbocycles. The van der Waals surface area contributed by atoms with Crippen molar-refractivity contribution in [3.63, 3.8) is 0 Å². The monoisotopic (exact) mass is 271 g/mol. The molecule has 0 aliphatic carbocycles. The molecule has 1 aromatic carbocycles. The van der Waals surface area contributed by atoms with Gasteiger partial charge in [0.05, 0.1) is 6.07 Å². The molecule has 1 aliphatic heterocycles. The molecule has 1 heterocycles. The van der Waals surface area contributed by atoms with Crippen LogP contribution in [0, 0.1) is 11.3 Å². The van der Waals surface area contributed by atoms with Gasteiger partial charge in [-0.25, -0.2) is 0 Å². The van der Waals surface area contributed by atoms with E-state index < -0.39 is 5.54 Å². The van der Waals surface area contributed by atoms with E-state index in [4.69, 9.17) is 0 Å². The maximum atomic E-state index is 9.36. The van der Waals surface area contributed by atoms with Crippen molar-refractivity contribution in [2.75, 3.05) is 18.0 Å². The van der Waals surface area contributed by atoms with Gasteiger partial charge in [-0.15, -0.1) is 0 Å². The summed E-state index contributed by atoms with van der Waals surface area (Å²) in [5.41, 5.74) is 2.42. The predicted molar refractivity (Wildman–Crippen MR) is 83.9 cm³/mol. The van der Waals surface area contributed by atoms with Crippen molar-refractivity contribution in [2.24, 2.45) is 0 Å². The highest BCUT2D eigenvalue weighted by molar-refractivity contribution is 5.57. The largest absolute Gasteiger partial charge is 0.371 e. The van der Waals surface area contributed by atoms with Gasteiger partial charge in [-0.2, -0.15) is 5.26 Å². The molecule has 3 nitrogen and oxygen atoms in total. The van der Waals surface area contributed by atoms with E-state index in [0.29, 0.717) is 6.04 Å². The summed E-state index contributed by atoms with van der Waals surface area (Å²) in [5.74, 6) is 0. The summed E-state index contributed by atoms with van der Waals surface area (Å²) < 4.78 is 0. The fourth-order valence-electron chi connectivity index (χ4n) is 3.06. The Bertz CT molecular complexity index is 489. The van der Waals surface area contributed by atoms with Gasteiger partial charge < -0.3 is 4.90 Å². The predicted octanol–water partition coefficient (Wildman–Crippen LogP) is 3.11. The smallest absolute Gasteiger partial charge is 0.104 e. The van der Waals surface area contributed by atoms with Crippen LogP contribution in [0.5, 0.6) is 0 Å². The SMILES string of the molecule is CC(C)NC(C)(C#N)CCCN1CCc2ccccc21. The van der Waals surface area contributed by atoms with Crippen LogP contribution < -0.4 is 10.2 Å². The molecular weight excluding hydrogens is 246 g/mol. The van der Waals surface area contributed by atoms with Crippen molar-refractivity contribution in [1.82, 2.24) is 5.32 Å². The van der Waals surface area contributed by atoms with E-state index in [0.717, 1.165) is 32.4 Å². The van der Waals surface area contributed by atoms with Gasteiger partial charge in [0.15, 0.2) is 0 Å². The van der Waals surface area contributed by atoms with Crippen LogP contribution in [0.15, 0.2) is 24.3 Å². The number of hydrogen-bond acceptors (Lipinski definition) is 3. The summed E-state index contributed by atoms with van der Waals surface area (Å²) in [7, 11) is 0. The van der Waals surface area contributed by atoms with Crippen molar-refractivity contribution < 1.29 is 0 Å². The maximum Gasteiger partial charge on any atom is 0.104 e. The average molecular weight is 271 g/mol. The van der Waals surface area contributed by atoms with Crippen LogP contribution in [0.25, 0.3) is 0 Å². The molecule has 3 heteroatoms. The van der Waals surface area contributed by atoms with Crippen LogP contribution in [0.4, 0.5) is 5.69 Å². The maximum absolute atomic E-state index is 9.36. The number of anilines is 1. The van der Waals surface area contributed by atoms with E-state index in [1.165, 1.54) is 11.3 Å². The molecule has 1 unspecified atom stereocenters. The van der Waals surface area contributed by atoms with Crippen molar-refractivity contribution in [2.45, 2.75) is 51.6 Å². The Balaban J connectivity index is 1.87. The first-order valence-electron chi connectivity index (χ1n) is 7.56. The minimum atomic E-state index is -0.409. The summed E-state index contributed by atoms with van der Waals surface area (Å²) in [5, 5.41) is 12.7. The van der Waals surface area contributed by atoms with Crippen LogP contribution in [-0.4, -0.2) is 24.7 Å². The van der Waals surface area contributed by atoms with Crippen LogP contribution >= 0.6 is 0 Å².